The topological polar surface area (TPSA) is 66.4 Å². The van der Waals surface area contributed by atoms with Crippen molar-refractivity contribution < 1.29 is 14.7 Å². The molecule has 5 heteroatoms. The van der Waals surface area contributed by atoms with Crippen molar-refractivity contribution in [2.24, 2.45) is 0 Å². The van der Waals surface area contributed by atoms with Crippen molar-refractivity contribution in [3.63, 3.8) is 0 Å². The van der Waals surface area contributed by atoms with Crippen molar-refractivity contribution in [2.45, 2.75) is 5.92 Å². The van der Waals surface area contributed by atoms with Crippen molar-refractivity contribution in [1.82, 2.24) is 0 Å². The first-order chi connectivity index (χ1) is 9.58. The van der Waals surface area contributed by atoms with Crippen LogP contribution in [0.25, 0.3) is 0 Å². The molecule has 2 aromatic carbocycles. The summed E-state index contributed by atoms with van der Waals surface area (Å²) in [5.41, 5.74) is 0.938. The average molecular weight is 290 g/mol. The zero-order valence-electron chi connectivity index (χ0n) is 10.4. The fourth-order valence-electron chi connectivity index (χ4n) is 1.80. The lowest BCUT2D eigenvalue weighted by Crippen LogP contribution is -2.27. The van der Waals surface area contributed by atoms with Crippen LogP contribution in [0, 0.1) is 0 Å². The molecule has 102 valence electrons. The third-order valence-electron chi connectivity index (χ3n) is 2.75. The second-order valence-electron chi connectivity index (χ2n) is 4.18. The third kappa shape index (κ3) is 3.36. The Bertz CT molecular complexity index is 611. The number of hydrogen-bond acceptors (Lipinski definition) is 2. The van der Waals surface area contributed by atoms with Crippen LogP contribution in [0.15, 0.2) is 54.6 Å². The molecule has 0 aliphatic rings. The van der Waals surface area contributed by atoms with E-state index in [1.807, 2.05) is 0 Å². The lowest BCUT2D eigenvalue weighted by Gasteiger charge is -2.13. The van der Waals surface area contributed by atoms with E-state index in [9.17, 15) is 14.7 Å². The van der Waals surface area contributed by atoms with Crippen molar-refractivity contribution in [3.05, 3.63) is 65.2 Å². The molecule has 1 unspecified atom stereocenters. The first-order valence-corrected chi connectivity index (χ1v) is 6.30. The molecular formula is C15H12ClNO3. The van der Waals surface area contributed by atoms with E-state index in [1.165, 1.54) is 0 Å². The van der Waals surface area contributed by atoms with Crippen LogP contribution in [-0.2, 0) is 9.59 Å². The Morgan fingerprint density at radius 3 is 2.15 bits per heavy atom. The minimum atomic E-state index is -1.24. The summed E-state index contributed by atoms with van der Waals surface area (Å²) in [6, 6.07) is 14.8. The number of rotatable bonds is 4. The van der Waals surface area contributed by atoms with Crippen LogP contribution >= 0.6 is 11.6 Å². The Kier molecular flexibility index (Phi) is 4.38. The maximum atomic E-state index is 12.1. The number of carboxylic acids is 1. The Balaban J connectivity index is 2.20. The number of aliphatic carboxylic acids is 1. The predicted octanol–water partition coefficient (Wildman–Crippen LogP) is 3.15. The number of anilines is 1. The monoisotopic (exact) mass is 289 g/mol. The summed E-state index contributed by atoms with van der Waals surface area (Å²) in [4.78, 5) is 23.4. The lowest BCUT2D eigenvalue weighted by atomic mass is 9.98. The van der Waals surface area contributed by atoms with Gasteiger partial charge in [0.25, 0.3) is 0 Å². The molecular weight excluding hydrogens is 278 g/mol. The summed E-state index contributed by atoms with van der Waals surface area (Å²) in [6.45, 7) is 0. The van der Waals surface area contributed by atoms with Gasteiger partial charge in [0, 0.05) is 10.7 Å². The van der Waals surface area contributed by atoms with Gasteiger partial charge in [-0.05, 0) is 29.8 Å². The van der Waals surface area contributed by atoms with Gasteiger partial charge in [0.2, 0.25) is 5.91 Å². The van der Waals surface area contributed by atoms with Gasteiger partial charge in [-0.15, -0.1) is 0 Å². The molecule has 0 heterocycles. The quantitative estimate of drug-likeness (QED) is 0.850. The second kappa shape index (κ2) is 6.21. The van der Waals surface area contributed by atoms with Gasteiger partial charge in [0.15, 0.2) is 5.92 Å². The fourth-order valence-corrected chi connectivity index (χ4v) is 1.93. The lowest BCUT2D eigenvalue weighted by molar-refractivity contribution is -0.141. The summed E-state index contributed by atoms with van der Waals surface area (Å²) in [5.74, 6) is -3.03. The number of nitrogens with one attached hydrogen (secondary N) is 1. The molecule has 2 rings (SSSR count). The molecule has 0 aliphatic carbocycles. The number of carbonyl (C=O) groups excluding carboxylic acids is 1. The molecule has 0 radical (unpaired) electrons. The van der Waals surface area contributed by atoms with Crippen LogP contribution in [0.4, 0.5) is 5.69 Å². The largest absolute Gasteiger partial charge is 0.480 e. The first-order valence-electron chi connectivity index (χ1n) is 5.92. The maximum Gasteiger partial charge on any atom is 0.320 e. The van der Waals surface area contributed by atoms with Crippen molar-refractivity contribution in [1.29, 1.82) is 0 Å². The number of hydrogen-bond donors (Lipinski definition) is 2. The highest BCUT2D eigenvalue weighted by Crippen LogP contribution is 2.20. The predicted molar refractivity (Wildman–Crippen MR) is 76.9 cm³/mol. The van der Waals surface area contributed by atoms with Gasteiger partial charge in [-0.1, -0.05) is 41.9 Å². The van der Waals surface area contributed by atoms with Crippen LogP contribution in [0.2, 0.25) is 5.02 Å². The molecule has 0 aromatic heterocycles. The van der Waals surface area contributed by atoms with E-state index in [1.54, 1.807) is 54.6 Å². The first kappa shape index (κ1) is 14.1. The SMILES string of the molecule is O=C(O)C(C(=O)Nc1ccc(Cl)cc1)c1ccccc1. The van der Waals surface area contributed by atoms with Crippen molar-refractivity contribution in [2.75, 3.05) is 5.32 Å². The average Bonchev–Trinajstić information content (AvgIpc) is 2.42. The number of benzene rings is 2. The normalized spacial score (nSPS) is 11.7. The molecule has 2 N–H and O–H groups in total. The number of amides is 1. The highest BCUT2D eigenvalue weighted by molar-refractivity contribution is 6.30. The van der Waals surface area contributed by atoms with Crippen LogP contribution in [-0.4, -0.2) is 17.0 Å². The van der Waals surface area contributed by atoms with E-state index in [-0.39, 0.29) is 0 Å². The van der Waals surface area contributed by atoms with Gasteiger partial charge in [-0.2, -0.15) is 0 Å². The molecule has 1 atom stereocenters. The van der Waals surface area contributed by atoms with Gasteiger partial charge in [-0.3, -0.25) is 9.59 Å². The zero-order chi connectivity index (χ0) is 14.5. The van der Waals surface area contributed by atoms with E-state index >= 15 is 0 Å². The fraction of sp³-hybridized carbons (Fsp3) is 0.0667. The summed E-state index contributed by atoms with van der Waals surface area (Å²) < 4.78 is 0. The Hall–Kier alpha value is -2.33. The van der Waals surface area contributed by atoms with Gasteiger partial charge in [0.1, 0.15) is 0 Å². The van der Waals surface area contributed by atoms with Crippen molar-refractivity contribution >= 4 is 29.2 Å². The number of carboxylic acid groups (broad SMARTS) is 1. The minimum absolute atomic E-state index is 0.437. The second-order valence-corrected chi connectivity index (χ2v) is 4.61. The summed E-state index contributed by atoms with van der Waals surface area (Å²) in [5, 5.41) is 12.4. The molecule has 0 saturated carbocycles. The van der Waals surface area contributed by atoms with Gasteiger partial charge < -0.3 is 10.4 Å². The molecule has 0 fully saturated rings. The summed E-state index contributed by atoms with van der Waals surface area (Å²) >= 11 is 5.75. The van der Waals surface area contributed by atoms with E-state index in [0.29, 0.717) is 16.3 Å². The van der Waals surface area contributed by atoms with Crippen LogP contribution < -0.4 is 5.32 Å². The van der Waals surface area contributed by atoms with Gasteiger partial charge in [0.05, 0.1) is 0 Å². The van der Waals surface area contributed by atoms with E-state index in [0.717, 1.165) is 0 Å². The van der Waals surface area contributed by atoms with E-state index in [4.69, 9.17) is 11.6 Å². The van der Waals surface area contributed by atoms with Crippen LogP contribution in [0.5, 0.6) is 0 Å². The minimum Gasteiger partial charge on any atom is -0.480 e. The number of halogens is 1. The molecule has 1 amide bonds. The van der Waals surface area contributed by atoms with Crippen molar-refractivity contribution in [3.8, 4) is 0 Å². The van der Waals surface area contributed by atoms with E-state index in [2.05, 4.69) is 5.32 Å². The summed E-state index contributed by atoms with van der Waals surface area (Å²) in [6.07, 6.45) is 0. The summed E-state index contributed by atoms with van der Waals surface area (Å²) in [7, 11) is 0. The Labute approximate surface area is 121 Å². The molecule has 0 saturated heterocycles. The van der Waals surface area contributed by atoms with Gasteiger partial charge >= 0.3 is 5.97 Å². The molecule has 2 aromatic rings. The maximum absolute atomic E-state index is 12.1. The zero-order valence-corrected chi connectivity index (χ0v) is 11.2. The molecule has 0 bridgehead atoms. The standard InChI is InChI=1S/C15H12ClNO3/c16-11-6-8-12(9-7-11)17-14(18)13(15(19)20)10-4-2-1-3-5-10/h1-9,13H,(H,17,18)(H,19,20). The van der Waals surface area contributed by atoms with Gasteiger partial charge in [-0.25, -0.2) is 0 Å². The smallest absolute Gasteiger partial charge is 0.320 e. The molecule has 0 spiro atoms. The highest BCUT2D eigenvalue weighted by Gasteiger charge is 2.28. The Morgan fingerprint density at radius 2 is 1.60 bits per heavy atom. The van der Waals surface area contributed by atoms with E-state index < -0.39 is 17.8 Å². The number of carbonyl (C=O) groups is 2. The Morgan fingerprint density at radius 1 is 1.00 bits per heavy atom. The third-order valence-corrected chi connectivity index (χ3v) is 3.01. The van der Waals surface area contributed by atoms with Crippen LogP contribution in [0.3, 0.4) is 0 Å². The highest BCUT2D eigenvalue weighted by atomic mass is 35.5. The molecule has 4 nitrogen and oxygen atoms in total. The molecule has 20 heavy (non-hydrogen) atoms. The van der Waals surface area contributed by atoms with Crippen LogP contribution in [0.1, 0.15) is 11.5 Å². The molecule has 0 aliphatic heterocycles.